The summed E-state index contributed by atoms with van der Waals surface area (Å²) >= 11 is 0. The number of rotatable bonds is 5. The van der Waals surface area contributed by atoms with Gasteiger partial charge in [-0.3, -0.25) is 4.98 Å². The van der Waals surface area contributed by atoms with E-state index in [4.69, 9.17) is 9.47 Å². The highest BCUT2D eigenvalue weighted by atomic mass is 32.2. The van der Waals surface area contributed by atoms with Gasteiger partial charge >= 0.3 is 0 Å². The largest absolute Gasteiger partial charge is 0.497 e. The zero-order valence-corrected chi connectivity index (χ0v) is 18.3. The molecule has 2 heterocycles. The Hall–Kier alpha value is -2.80. The minimum Gasteiger partial charge on any atom is -0.497 e. The molecule has 0 aliphatic carbocycles. The molecule has 6 nitrogen and oxygen atoms in total. The Labute approximate surface area is 177 Å². The quantitative estimate of drug-likeness (QED) is 0.605. The predicted molar refractivity (Wildman–Crippen MR) is 117 cm³/mol. The van der Waals surface area contributed by atoms with Crippen molar-refractivity contribution in [2.45, 2.75) is 29.6 Å². The topological polar surface area (TPSA) is 68.7 Å². The number of anilines is 1. The summed E-state index contributed by atoms with van der Waals surface area (Å²) in [6.07, 6.45) is 3.66. The lowest BCUT2D eigenvalue weighted by atomic mass is 9.99. The average molecular weight is 427 g/mol. The van der Waals surface area contributed by atoms with E-state index in [1.54, 1.807) is 38.5 Å². The first-order valence-electron chi connectivity index (χ1n) is 10.0. The Morgan fingerprint density at radius 3 is 2.40 bits per heavy atom. The van der Waals surface area contributed by atoms with Crippen LogP contribution in [0.5, 0.6) is 11.5 Å². The van der Waals surface area contributed by atoms with Crippen LogP contribution in [-0.4, -0.2) is 40.7 Å². The average Bonchev–Trinajstić information content (AvgIpc) is 2.77. The Balaban J connectivity index is 1.94. The smallest absolute Gasteiger partial charge is 0.210 e. The normalized spacial score (nSPS) is 17.2. The van der Waals surface area contributed by atoms with Gasteiger partial charge < -0.3 is 14.4 Å². The van der Waals surface area contributed by atoms with Gasteiger partial charge in [-0.05, 0) is 61.2 Å². The van der Waals surface area contributed by atoms with Gasteiger partial charge in [0.25, 0.3) is 0 Å². The Morgan fingerprint density at radius 1 is 1.03 bits per heavy atom. The zero-order valence-electron chi connectivity index (χ0n) is 17.5. The van der Waals surface area contributed by atoms with E-state index in [-0.39, 0.29) is 9.79 Å². The third-order valence-corrected chi connectivity index (χ3v) is 7.42. The fourth-order valence-electron chi connectivity index (χ4n) is 4.06. The first-order chi connectivity index (χ1) is 14.4. The lowest BCUT2D eigenvalue weighted by Crippen LogP contribution is -2.35. The SMILES string of the molecule is COc1ccc(S(=O)(=O)c2cnc3ccc(OC)cc3c2N2CCC[C@H](C)C2)cc1. The van der Waals surface area contributed by atoms with Crippen LogP contribution in [-0.2, 0) is 9.84 Å². The summed E-state index contributed by atoms with van der Waals surface area (Å²) in [5.41, 5.74) is 1.46. The zero-order chi connectivity index (χ0) is 21.3. The monoisotopic (exact) mass is 426 g/mol. The molecule has 158 valence electrons. The van der Waals surface area contributed by atoms with Gasteiger partial charge in [0.2, 0.25) is 9.84 Å². The van der Waals surface area contributed by atoms with Crippen molar-refractivity contribution in [2.24, 2.45) is 5.92 Å². The molecule has 0 spiro atoms. The van der Waals surface area contributed by atoms with E-state index in [2.05, 4.69) is 16.8 Å². The van der Waals surface area contributed by atoms with Crippen molar-refractivity contribution in [2.75, 3.05) is 32.2 Å². The van der Waals surface area contributed by atoms with Crippen molar-refractivity contribution >= 4 is 26.4 Å². The fraction of sp³-hybridized carbons (Fsp3) is 0.348. The Morgan fingerprint density at radius 2 is 1.73 bits per heavy atom. The molecule has 1 fully saturated rings. The number of ether oxygens (including phenoxy) is 2. The third kappa shape index (κ3) is 3.69. The van der Waals surface area contributed by atoms with E-state index in [1.165, 1.54) is 6.20 Å². The molecule has 0 bridgehead atoms. The van der Waals surface area contributed by atoms with Crippen LogP contribution in [0.25, 0.3) is 10.9 Å². The number of benzene rings is 2. The van der Waals surface area contributed by atoms with Gasteiger partial charge in [-0.25, -0.2) is 8.42 Å². The molecule has 1 aliphatic heterocycles. The standard InChI is InChI=1S/C23H26N2O4S/c1-16-5-4-12-25(15-16)23-20-13-18(29-3)8-11-21(20)24-14-22(23)30(26,27)19-9-6-17(28-2)7-10-19/h6-11,13-14,16H,4-5,12,15H2,1-3H3/t16-/m0/s1. The van der Waals surface area contributed by atoms with Gasteiger partial charge in [-0.1, -0.05) is 6.92 Å². The van der Waals surface area contributed by atoms with E-state index in [0.717, 1.165) is 36.8 Å². The summed E-state index contributed by atoms with van der Waals surface area (Å²) < 4.78 is 37.9. The molecule has 4 rings (SSSR count). The van der Waals surface area contributed by atoms with Gasteiger partial charge in [0.05, 0.1) is 30.3 Å². The molecular weight excluding hydrogens is 400 g/mol. The molecule has 0 radical (unpaired) electrons. The van der Waals surface area contributed by atoms with Crippen molar-refractivity contribution in [3.8, 4) is 11.5 Å². The van der Waals surface area contributed by atoms with Gasteiger partial charge in [0.15, 0.2) is 0 Å². The molecule has 1 saturated heterocycles. The summed E-state index contributed by atoms with van der Waals surface area (Å²) in [6.45, 7) is 3.82. The number of methoxy groups -OCH3 is 2. The van der Waals surface area contributed by atoms with Gasteiger partial charge in [-0.2, -0.15) is 0 Å². The number of sulfone groups is 1. The fourth-order valence-corrected chi connectivity index (χ4v) is 5.50. The van der Waals surface area contributed by atoms with Crippen molar-refractivity contribution in [3.63, 3.8) is 0 Å². The van der Waals surface area contributed by atoms with Gasteiger partial charge in [0.1, 0.15) is 16.4 Å². The van der Waals surface area contributed by atoms with E-state index < -0.39 is 9.84 Å². The van der Waals surface area contributed by atoms with Crippen LogP contribution in [0, 0.1) is 5.92 Å². The highest BCUT2D eigenvalue weighted by Crippen LogP contribution is 2.39. The maximum absolute atomic E-state index is 13.6. The van der Waals surface area contributed by atoms with Crippen LogP contribution < -0.4 is 14.4 Å². The summed E-state index contributed by atoms with van der Waals surface area (Å²) in [5.74, 6) is 1.78. The Kier molecular flexibility index (Phi) is 5.56. The number of hydrogen-bond acceptors (Lipinski definition) is 6. The van der Waals surface area contributed by atoms with Crippen molar-refractivity contribution in [3.05, 3.63) is 48.7 Å². The van der Waals surface area contributed by atoms with Crippen LogP contribution >= 0.6 is 0 Å². The number of pyridine rings is 1. The van der Waals surface area contributed by atoms with Crippen molar-refractivity contribution in [1.29, 1.82) is 0 Å². The second-order valence-corrected chi connectivity index (χ2v) is 9.64. The molecule has 0 N–H and O–H groups in total. The minimum absolute atomic E-state index is 0.221. The second kappa shape index (κ2) is 8.14. The molecule has 0 saturated carbocycles. The summed E-state index contributed by atoms with van der Waals surface area (Å²) in [5, 5.41) is 0.790. The van der Waals surface area contributed by atoms with E-state index in [0.29, 0.717) is 23.1 Å². The van der Waals surface area contributed by atoms with E-state index >= 15 is 0 Å². The van der Waals surface area contributed by atoms with Crippen LogP contribution in [0.3, 0.4) is 0 Å². The number of hydrogen-bond donors (Lipinski definition) is 0. The predicted octanol–water partition coefficient (Wildman–Crippen LogP) is 4.32. The second-order valence-electron chi connectivity index (χ2n) is 7.73. The number of aromatic nitrogens is 1. The van der Waals surface area contributed by atoms with Gasteiger partial charge in [0, 0.05) is 24.7 Å². The molecule has 1 atom stereocenters. The highest BCUT2D eigenvalue weighted by Gasteiger charge is 2.29. The first-order valence-corrected chi connectivity index (χ1v) is 11.5. The Bertz CT molecular complexity index is 1160. The first kappa shape index (κ1) is 20.5. The van der Waals surface area contributed by atoms with Gasteiger partial charge in [-0.15, -0.1) is 0 Å². The summed E-state index contributed by atoms with van der Waals surface area (Å²) in [7, 11) is -0.611. The summed E-state index contributed by atoms with van der Waals surface area (Å²) in [4.78, 5) is 7.10. The molecular formula is C23H26N2O4S. The molecule has 0 unspecified atom stereocenters. The lowest BCUT2D eigenvalue weighted by molar-refractivity contribution is 0.414. The number of fused-ring (bicyclic) bond motifs is 1. The molecule has 2 aromatic carbocycles. The van der Waals surface area contributed by atoms with E-state index in [1.807, 2.05) is 18.2 Å². The number of piperidine rings is 1. The molecule has 1 aliphatic rings. The molecule has 30 heavy (non-hydrogen) atoms. The molecule has 3 aromatic rings. The maximum atomic E-state index is 13.6. The molecule has 7 heteroatoms. The van der Waals surface area contributed by atoms with Crippen LogP contribution in [0.2, 0.25) is 0 Å². The van der Waals surface area contributed by atoms with Crippen molar-refractivity contribution < 1.29 is 17.9 Å². The highest BCUT2D eigenvalue weighted by molar-refractivity contribution is 7.91. The molecule has 1 aromatic heterocycles. The third-order valence-electron chi connectivity index (χ3n) is 5.65. The summed E-state index contributed by atoms with van der Waals surface area (Å²) in [6, 6.07) is 12.1. The van der Waals surface area contributed by atoms with E-state index in [9.17, 15) is 8.42 Å². The van der Waals surface area contributed by atoms with Crippen LogP contribution in [0.1, 0.15) is 19.8 Å². The van der Waals surface area contributed by atoms with Crippen molar-refractivity contribution in [1.82, 2.24) is 4.98 Å². The molecule has 0 amide bonds. The maximum Gasteiger partial charge on any atom is 0.210 e. The van der Waals surface area contributed by atoms with Crippen LogP contribution in [0.4, 0.5) is 5.69 Å². The van der Waals surface area contributed by atoms with Crippen LogP contribution in [0.15, 0.2) is 58.5 Å². The number of nitrogens with zero attached hydrogens (tertiary/aromatic N) is 2. The minimum atomic E-state index is -3.77. The lowest BCUT2D eigenvalue weighted by Gasteiger charge is -2.34.